The van der Waals surface area contributed by atoms with Crippen LogP contribution in [0.3, 0.4) is 0 Å². The van der Waals surface area contributed by atoms with Gasteiger partial charge in [0.15, 0.2) is 0 Å². The summed E-state index contributed by atoms with van der Waals surface area (Å²) in [5, 5.41) is 17.6. The highest BCUT2D eigenvalue weighted by Gasteiger charge is 2.28. The lowest BCUT2D eigenvalue weighted by molar-refractivity contribution is 0.385. The van der Waals surface area contributed by atoms with Crippen LogP contribution in [-0.4, -0.2) is 43.9 Å². The Hall–Kier alpha value is -2.94. The van der Waals surface area contributed by atoms with Gasteiger partial charge in [0.2, 0.25) is 10.0 Å². The lowest BCUT2D eigenvalue weighted by Crippen LogP contribution is -2.48. The molecule has 1 aliphatic heterocycles. The molecular formula is C17H15N5O2S. The highest BCUT2D eigenvalue weighted by atomic mass is 32.2. The summed E-state index contributed by atoms with van der Waals surface area (Å²) in [5.74, 6) is 0. The molecule has 1 aromatic carbocycles. The molecule has 0 atom stereocenters. The Balaban J connectivity index is 1.70. The van der Waals surface area contributed by atoms with Crippen LogP contribution in [0, 0.1) is 22.7 Å². The monoisotopic (exact) mass is 353 g/mol. The van der Waals surface area contributed by atoms with Gasteiger partial charge < -0.3 is 4.90 Å². The summed E-state index contributed by atoms with van der Waals surface area (Å²) in [4.78, 5) is 6.28. The first-order chi connectivity index (χ1) is 12.0. The van der Waals surface area contributed by atoms with Crippen LogP contribution in [0.4, 0.5) is 5.69 Å². The number of benzene rings is 1. The van der Waals surface area contributed by atoms with E-state index in [0.29, 0.717) is 37.4 Å². The Morgan fingerprint density at radius 1 is 0.920 bits per heavy atom. The van der Waals surface area contributed by atoms with Gasteiger partial charge in [0.1, 0.15) is 11.8 Å². The van der Waals surface area contributed by atoms with Crippen LogP contribution in [0.2, 0.25) is 0 Å². The molecule has 7 nitrogen and oxygen atoms in total. The minimum atomic E-state index is -3.56. The lowest BCUT2D eigenvalue weighted by Gasteiger charge is -2.35. The van der Waals surface area contributed by atoms with Crippen molar-refractivity contribution in [3.05, 3.63) is 53.9 Å². The van der Waals surface area contributed by atoms with Crippen LogP contribution in [0.1, 0.15) is 11.3 Å². The SMILES string of the molecule is N#Cc1ccc(S(=O)(=O)N2CCN(c3ccc(C#N)nc3)CC2)cc1. The zero-order valence-corrected chi connectivity index (χ0v) is 14.1. The average Bonchev–Trinajstić information content (AvgIpc) is 2.68. The van der Waals surface area contributed by atoms with Crippen LogP contribution in [0.5, 0.6) is 0 Å². The van der Waals surface area contributed by atoms with Crippen molar-refractivity contribution in [2.75, 3.05) is 31.1 Å². The number of hydrogen-bond acceptors (Lipinski definition) is 6. The standard InChI is InChI=1S/C17H15N5O2S/c18-11-14-1-5-17(6-2-14)25(23,24)22-9-7-21(8-10-22)16-4-3-15(12-19)20-13-16/h1-6,13H,7-10H2. The van der Waals surface area contributed by atoms with Crippen LogP contribution in [-0.2, 0) is 10.0 Å². The van der Waals surface area contributed by atoms with E-state index in [4.69, 9.17) is 10.5 Å². The summed E-state index contributed by atoms with van der Waals surface area (Å²) < 4.78 is 26.8. The normalized spacial score (nSPS) is 15.4. The van der Waals surface area contributed by atoms with Gasteiger partial charge in [0.05, 0.1) is 28.4 Å². The molecule has 0 amide bonds. The number of sulfonamides is 1. The second-order valence-electron chi connectivity index (χ2n) is 5.54. The molecule has 126 valence electrons. The number of pyridine rings is 1. The molecular weight excluding hydrogens is 338 g/mol. The van der Waals surface area contributed by atoms with Gasteiger partial charge in [-0.2, -0.15) is 14.8 Å². The first-order valence-electron chi connectivity index (χ1n) is 7.66. The van der Waals surface area contributed by atoms with Crippen molar-refractivity contribution in [2.45, 2.75) is 4.90 Å². The quantitative estimate of drug-likeness (QED) is 0.825. The number of aromatic nitrogens is 1. The van der Waals surface area contributed by atoms with E-state index in [1.807, 2.05) is 23.1 Å². The van der Waals surface area contributed by atoms with Crippen LogP contribution >= 0.6 is 0 Å². The molecule has 1 aliphatic rings. The van der Waals surface area contributed by atoms with Gasteiger partial charge in [-0.1, -0.05) is 0 Å². The summed E-state index contributed by atoms with van der Waals surface area (Å²) in [6, 6.07) is 13.4. The Morgan fingerprint density at radius 3 is 2.12 bits per heavy atom. The van der Waals surface area contributed by atoms with Gasteiger partial charge in [-0.15, -0.1) is 0 Å². The maximum absolute atomic E-state index is 12.7. The van der Waals surface area contributed by atoms with Gasteiger partial charge in [-0.3, -0.25) is 0 Å². The second kappa shape index (κ2) is 6.89. The molecule has 0 radical (unpaired) electrons. The highest BCUT2D eigenvalue weighted by molar-refractivity contribution is 7.89. The maximum Gasteiger partial charge on any atom is 0.243 e. The summed E-state index contributed by atoms with van der Waals surface area (Å²) in [5.41, 5.74) is 1.65. The Bertz CT molecular complexity index is 933. The average molecular weight is 353 g/mol. The second-order valence-corrected chi connectivity index (χ2v) is 7.48. The number of hydrogen-bond donors (Lipinski definition) is 0. The van der Waals surface area contributed by atoms with Crippen molar-refractivity contribution in [3.63, 3.8) is 0 Å². The molecule has 0 saturated carbocycles. The van der Waals surface area contributed by atoms with E-state index < -0.39 is 10.0 Å². The van der Waals surface area contributed by atoms with E-state index in [9.17, 15) is 8.42 Å². The molecule has 0 N–H and O–H groups in total. The lowest BCUT2D eigenvalue weighted by atomic mass is 10.2. The van der Waals surface area contributed by atoms with E-state index in [0.717, 1.165) is 5.69 Å². The number of nitrogens with zero attached hydrogens (tertiary/aromatic N) is 5. The molecule has 0 bridgehead atoms. The van der Waals surface area contributed by atoms with Crippen molar-refractivity contribution in [1.29, 1.82) is 10.5 Å². The topological polar surface area (TPSA) is 101 Å². The van der Waals surface area contributed by atoms with Crippen molar-refractivity contribution < 1.29 is 8.42 Å². The smallest absolute Gasteiger partial charge is 0.243 e. The van der Waals surface area contributed by atoms with Crippen molar-refractivity contribution in [3.8, 4) is 12.1 Å². The van der Waals surface area contributed by atoms with E-state index in [1.165, 1.54) is 28.6 Å². The first kappa shape index (κ1) is 16.9. The van der Waals surface area contributed by atoms with Gasteiger partial charge in [0.25, 0.3) is 0 Å². The predicted octanol–water partition coefficient (Wildman–Crippen LogP) is 1.34. The molecule has 1 fully saturated rings. The van der Waals surface area contributed by atoms with Crippen LogP contribution in [0.15, 0.2) is 47.5 Å². The number of nitriles is 2. The summed E-state index contributed by atoms with van der Waals surface area (Å²) >= 11 is 0. The third-order valence-electron chi connectivity index (χ3n) is 4.09. The molecule has 2 aromatic rings. The molecule has 3 rings (SSSR count). The molecule has 2 heterocycles. The van der Waals surface area contributed by atoms with E-state index >= 15 is 0 Å². The number of piperazine rings is 1. The van der Waals surface area contributed by atoms with E-state index in [2.05, 4.69) is 4.98 Å². The zero-order chi connectivity index (χ0) is 17.9. The van der Waals surface area contributed by atoms with Gasteiger partial charge in [-0.25, -0.2) is 13.4 Å². The zero-order valence-electron chi connectivity index (χ0n) is 13.3. The van der Waals surface area contributed by atoms with Crippen molar-refractivity contribution in [1.82, 2.24) is 9.29 Å². The highest BCUT2D eigenvalue weighted by Crippen LogP contribution is 2.21. The summed E-state index contributed by atoms with van der Waals surface area (Å²) in [7, 11) is -3.56. The number of rotatable bonds is 3. The minimum absolute atomic E-state index is 0.194. The molecule has 0 spiro atoms. The Kier molecular flexibility index (Phi) is 4.66. The first-order valence-corrected chi connectivity index (χ1v) is 9.10. The summed E-state index contributed by atoms with van der Waals surface area (Å²) in [6.45, 7) is 1.82. The fraction of sp³-hybridized carbons (Fsp3) is 0.235. The van der Waals surface area contributed by atoms with Crippen LogP contribution in [0.25, 0.3) is 0 Å². The van der Waals surface area contributed by atoms with Crippen molar-refractivity contribution >= 4 is 15.7 Å². The molecule has 0 aliphatic carbocycles. The third kappa shape index (κ3) is 3.45. The molecule has 8 heteroatoms. The minimum Gasteiger partial charge on any atom is -0.368 e. The van der Waals surface area contributed by atoms with Crippen molar-refractivity contribution in [2.24, 2.45) is 0 Å². The molecule has 25 heavy (non-hydrogen) atoms. The Morgan fingerprint density at radius 2 is 1.60 bits per heavy atom. The number of anilines is 1. The maximum atomic E-state index is 12.7. The summed E-state index contributed by atoms with van der Waals surface area (Å²) in [6.07, 6.45) is 1.63. The predicted molar refractivity (Wildman–Crippen MR) is 91.1 cm³/mol. The van der Waals surface area contributed by atoms with Gasteiger partial charge >= 0.3 is 0 Å². The molecule has 0 unspecified atom stereocenters. The Labute approximate surface area is 146 Å². The fourth-order valence-electron chi connectivity index (χ4n) is 2.68. The van der Waals surface area contributed by atoms with E-state index in [1.54, 1.807) is 12.3 Å². The largest absolute Gasteiger partial charge is 0.368 e. The molecule has 1 aromatic heterocycles. The van der Waals surface area contributed by atoms with E-state index in [-0.39, 0.29) is 4.90 Å². The molecule has 1 saturated heterocycles. The van der Waals surface area contributed by atoms with Gasteiger partial charge in [-0.05, 0) is 36.4 Å². The third-order valence-corrected chi connectivity index (χ3v) is 6.00. The fourth-order valence-corrected chi connectivity index (χ4v) is 4.10. The van der Waals surface area contributed by atoms with Gasteiger partial charge in [0, 0.05) is 26.2 Å². The van der Waals surface area contributed by atoms with Crippen LogP contribution < -0.4 is 4.90 Å².